The number of thiazole rings is 1. The average molecular weight is 385 g/mol. The molecule has 0 saturated carbocycles. The minimum absolute atomic E-state index is 0.178. The molecule has 0 aliphatic rings. The molecule has 0 atom stereocenters. The van der Waals surface area contributed by atoms with E-state index in [-0.39, 0.29) is 38.0 Å². The van der Waals surface area contributed by atoms with Gasteiger partial charge in [0.15, 0.2) is 5.69 Å². The van der Waals surface area contributed by atoms with Gasteiger partial charge in [-0.3, -0.25) is 4.79 Å². The summed E-state index contributed by atoms with van der Waals surface area (Å²) in [5.41, 5.74) is 0.243. The van der Waals surface area contributed by atoms with Crippen LogP contribution < -0.4 is 5.32 Å². The third-order valence-corrected chi connectivity index (χ3v) is 4.20. The van der Waals surface area contributed by atoms with Crippen LogP contribution in [0, 0.1) is 0 Å². The van der Waals surface area contributed by atoms with Gasteiger partial charge in [0.1, 0.15) is 11.6 Å². The summed E-state index contributed by atoms with van der Waals surface area (Å²) in [5.74, 6) is -0.951. The van der Waals surface area contributed by atoms with E-state index in [9.17, 15) is 14.4 Å². The Labute approximate surface area is 157 Å². The molecule has 1 N–H and O–H groups in total. The fraction of sp³-hybridized carbons (Fsp3) is 0.647. The van der Waals surface area contributed by atoms with Gasteiger partial charge in [-0.05, 0) is 20.3 Å². The van der Waals surface area contributed by atoms with Crippen LogP contribution in [-0.4, -0.2) is 54.2 Å². The first-order chi connectivity index (χ1) is 12.5. The zero-order chi connectivity index (χ0) is 19.4. The monoisotopic (exact) mass is 385 g/mol. The zero-order valence-corrected chi connectivity index (χ0v) is 16.4. The number of rotatable bonds is 11. The largest absolute Gasteiger partial charge is 0.465 e. The number of urea groups is 1. The van der Waals surface area contributed by atoms with Crippen molar-refractivity contribution in [3.8, 4) is 0 Å². The number of nitrogens with one attached hydrogen (secondary N) is 1. The first-order valence-corrected chi connectivity index (χ1v) is 9.69. The molecule has 1 aromatic rings. The molecule has 0 bridgehead atoms. The van der Waals surface area contributed by atoms with E-state index in [1.807, 2.05) is 0 Å². The van der Waals surface area contributed by atoms with E-state index in [4.69, 9.17) is 9.47 Å². The summed E-state index contributed by atoms with van der Waals surface area (Å²) in [4.78, 5) is 41.3. The Hall–Kier alpha value is -2.16. The van der Waals surface area contributed by atoms with Gasteiger partial charge >= 0.3 is 18.0 Å². The van der Waals surface area contributed by atoms with Crippen LogP contribution in [0.3, 0.4) is 0 Å². The normalized spacial score (nSPS) is 10.3. The lowest BCUT2D eigenvalue weighted by atomic mass is 10.2. The van der Waals surface area contributed by atoms with Crippen molar-refractivity contribution in [2.24, 2.45) is 0 Å². The Balaban J connectivity index is 2.68. The minimum Gasteiger partial charge on any atom is -0.465 e. The maximum absolute atomic E-state index is 12.4. The van der Waals surface area contributed by atoms with Gasteiger partial charge in [-0.2, -0.15) is 0 Å². The van der Waals surface area contributed by atoms with E-state index in [0.717, 1.165) is 19.3 Å². The van der Waals surface area contributed by atoms with Crippen molar-refractivity contribution in [3.63, 3.8) is 0 Å². The van der Waals surface area contributed by atoms with E-state index in [2.05, 4.69) is 17.2 Å². The van der Waals surface area contributed by atoms with Crippen molar-refractivity contribution in [1.82, 2.24) is 15.2 Å². The highest BCUT2D eigenvalue weighted by Gasteiger charge is 2.18. The summed E-state index contributed by atoms with van der Waals surface area (Å²) in [7, 11) is 0. The van der Waals surface area contributed by atoms with Gasteiger partial charge in [0.2, 0.25) is 0 Å². The molecule has 0 aromatic carbocycles. The molecule has 1 aromatic heterocycles. The second-order valence-electron chi connectivity index (χ2n) is 5.44. The van der Waals surface area contributed by atoms with Crippen molar-refractivity contribution in [2.45, 2.75) is 46.6 Å². The first-order valence-electron chi connectivity index (χ1n) is 8.81. The van der Waals surface area contributed by atoms with Crippen LogP contribution in [0.4, 0.5) is 4.79 Å². The number of hydrogen-bond acceptors (Lipinski definition) is 7. The number of amides is 2. The molecule has 9 heteroatoms. The molecule has 0 radical (unpaired) electrons. The highest BCUT2D eigenvalue weighted by atomic mass is 32.1. The molecule has 0 spiro atoms. The van der Waals surface area contributed by atoms with E-state index in [1.54, 1.807) is 24.1 Å². The van der Waals surface area contributed by atoms with Crippen LogP contribution in [0.15, 0.2) is 5.38 Å². The van der Waals surface area contributed by atoms with Crippen LogP contribution in [0.5, 0.6) is 0 Å². The van der Waals surface area contributed by atoms with Crippen molar-refractivity contribution >= 4 is 29.3 Å². The number of hydrogen-bond donors (Lipinski definition) is 1. The Kier molecular flexibility index (Phi) is 10.3. The van der Waals surface area contributed by atoms with Gasteiger partial charge in [0.25, 0.3) is 0 Å². The average Bonchev–Trinajstić information content (AvgIpc) is 3.08. The van der Waals surface area contributed by atoms with Crippen molar-refractivity contribution in [1.29, 1.82) is 0 Å². The molecule has 0 fully saturated rings. The number of carbonyl (C=O) groups is 3. The highest BCUT2D eigenvalue weighted by Crippen LogP contribution is 2.14. The molecule has 0 aliphatic heterocycles. The molecule has 2 amide bonds. The lowest BCUT2D eigenvalue weighted by molar-refractivity contribution is -0.141. The number of carbonyl (C=O) groups excluding carboxylic acids is 3. The predicted octanol–water partition coefficient (Wildman–Crippen LogP) is 2.58. The van der Waals surface area contributed by atoms with Gasteiger partial charge in [-0.25, -0.2) is 14.6 Å². The second-order valence-corrected chi connectivity index (χ2v) is 6.38. The van der Waals surface area contributed by atoms with Gasteiger partial charge in [-0.15, -0.1) is 11.3 Å². The molecule has 0 aliphatic carbocycles. The molecule has 8 nitrogen and oxygen atoms in total. The first kappa shape index (κ1) is 21.9. The van der Waals surface area contributed by atoms with Crippen LogP contribution in [0.1, 0.15) is 55.5 Å². The summed E-state index contributed by atoms with van der Waals surface area (Å²) >= 11 is 1.30. The molecule has 146 valence electrons. The fourth-order valence-electron chi connectivity index (χ4n) is 2.12. The maximum Gasteiger partial charge on any atom is 0.357 e. The Morgan fingerprint density at radius 2 is 1.88 bits per heavy atom. The van der Waals surface area contributed by atoms with Crippen LogP contribution in [0.2, 0.25) is 0 Å². The maximum atomic E-state index is 12.4. The molecule has 1 rings (SSSR count). The lowest BCUT2D eigenvalue weighted by Gasteiger charge is -2.21. The van der Waals surface area contributed by atoms with Crippen molar-refractivity contribution < 1.29 is 23.9 Å². The summed E-state index contributed by atoms with van der Waals surface area (Å²) in [6.07, 6.45) is 2.87. The quantitative estimate of drug-likeness (QED) is 0.464. The van der Waals surface area contributed by atoms with Crippen molar-refractivity contribution in [2.75, 3.05) is 26.3 Å². The Morgan fingerprint density at radius 1 is 1.15 bits per heavy atom. The minimum atomic E-state index is -0.479. The zero-order valence-electron chi connectivity index (χ0n) is 15.6. The van der Waals surface area contributed by atoms with E-state index in [1.165, 1.54) is 11.3 Å². The Bertz CT molecular complexity index is 591. The topological polar surface area (TPSA) is 97.8 Å². The van der Waals surface area contributed by atoms with E-state index < -0.39 is 11.9 Å². The standard InChI is InChI=1S/C17H27N3O5S/c1-4-7-8-9-20(17(23)18-10-15(21)24-5-2)11-14-19-13(12-26-14)16(22)25-6-3/h12H,4-11H2,1-3H3,(H,18,23). The summed E-state index contributed by atoms with van der Waals surface area (Å²) in [6, 6.07) is -0.359. The van der Waals surface area contributed by atoms with E-state index >= 15 is 0 Å². The predicted molar refractivity (Wildman–Crippen MR) is 98.0 cm³/mol. The van der Waals surface area contributed by atoms with Gasteiger partial charge in [0.05, 0.1) is 19.8 Å². The summed E-state index contributed by atoms with van der Waals surface area (Å²) in [6.45, 7) is 6.70. The third-order valence-electron chi connectivity index (χ3n) is 3.37. The van der Waals surface area contributed by atoms with Crippen LogP contribution in [0.25, 0.3) is 0 Å². The second kappa shape index (κ2) is 12.2. The van der Waals surface area contributed by atoms with Gasteiger partial charge in [-0.1, -0.05) is 19.8 Å². The summed E-state index contributed by atoms with van der Waals surface area (Å²) < 4.78 is 9.73. The molecular weight excluding hydrogens is 358 g/mol. The summed E-state index contributed by atoms with van der Waals surface area (Å²) in [5, 5.41) is 4.82. The highest BCUT2D eigenvalue weighted by molar-refractivity contribution is 7.09. The molecule has 0 saturated heterocycles. The molecule has 0 unspecified atom stereocenters. The van der Waals surface area contributed by atoms with Crippen LogP contribution in [-0.2, 0) is 20.8 Å². The molecule has 26 heavy (non-hydrogen) atoms. The van der Waals surface area contributed by atoms with Crippen LogP contribution >= 0.6 is 11.3 Å². The van der Waals surface area contributed by atoms with Gasteiger partial charge < -0.3 is 19.7 Å². The number of aromatic nitrogens is 1. The van der Waals surface area contributed by atoms with E-state index in [0.29, 0.717) is 11.6 Å². The Morgan fingerprint density at radius 3 is 2.54 bits per heavy atom. The number of esters is 2. The number of ether oxygens (including phenoxy) is 2. The molecular formula is C17H27N3O5S. The number of unbranched alkanes of at least 4 members (excludes halogenated alkanes) is 2. The molecule has 1 heterocycles. The number of nitrogens with zero attached hydrogens (tertiary/aromatic N) is 2. The third kappa shape index (κ3) is 7.81. The SMILES string of the molecule is CCCCCN(Cc1nc(C(=O)OCC)cs1)C(=O)NCC(=O)OCC. The fourth-order valence-corrected chi connectivity index (χ4v) is 2.90. The lowest BCUT2D eigenvalue weighted by Crippen LogP contribution is -2.42. The van der Waals surface area contributed by atoms with Gasteiger partial charge in [0, 0.05) is 11.9 Å². The van der Waals surface area contributed by atoms with Crippen molar-refractivity contribution in [3.05, 3.63) is 16.1 Å². The smallest absolute Gasteiger partial charge is 0.357 e.